The third-order valence-electron chi connectivity index (χ3n) is 3.16. The Labute approximate surface area is 103 Å². The lowest BCUT2D eigenvalue weighted by atomic mass is 9.93. The minimum atomic E-state index is -0.686. The average Bonchev–Trinajstić information content (AvgIpc) is 2.64. The second-order valence-electron chi connectivity index (χ2n) is 4.65. The Kier molecular flexibility index (Phi) is 3.87. The minimum Gasteiger partial charge on any atom is -0.393 e. The molecule has 2 rings (SSSR count). The van der Waals surface area contributed by atoms with Crippen molar-refractivity contribution >= 4 is 7.85 Å². The van der Waals surface area contributed by atoms with Gasteiger partial charge in [-0.05, 0) is 18.9 Å². The first kappa shape index (κ1) is 12.6. The highest BCUT2D eigenvalue weighted by Gasteiger charge is 2.43. The quantitative estimate of drug-likeness (QED) is 0.793. The van der Waals surface area contributed by atoms with Crippen LogP contribution < -0.4 is 0 Å². The van der Waals surface area contributed by atoms with E-state index in [4.69, 9.17) is 17.3 Å². The van der Waals surface area contributed by atoms with Crippen molar-refractivity contribution in [3.8, 4) is 0 Å². The Bertz CT molecular complexity index is 357. The van der Waals surface area contributed by atoms with Crippen LogP contribution >= 0.6 is 0 Å². The molecule has 0 spiro atoms. The van der Waals surface area contributed by atoms with Crippen LogP contribution in [0.3, 0.4) is 0 Å². The highest BCUT2D eigenvalue weighted by atomic mass is 16.6. The van der Waals surface area contributed by atoms with Crippen LogP contribution in [-0.2, 0) is 16.1 Å². The fraction of sp³-hybridized carbons (Fsp3) is 0.538. The molecule has 3 unspecified atom stereocenters. The van der Waals surface area contributed by atoms with Gasteiger partial charge in [0.1, 0.15) is 13.4 Å². The van der Waals surface area contributed by atoms with Crippen molar-refractivity contribution in [3.63, 3.8) is 0 Å². The monoisotopic (exact) mass is 232 g/mol. The Morgan fingerprint density at radius 2 is 2.18 bits per heavy atom. The SMILES string of the molecule is [B]C1CC(OCc2ccccc2)C(C)(CO)O1. The summed E-state index contributed by atoms with van der Waals surface area (Å²) in [5, 5.41) is 9.35. The van der Waals surface area contributed by atoms with Crippen LogP contribution in [0, 0.1) is 0 Å². The summed E-state index contributed by atoms with van der Waals surface area (Å²) in [4.78, 5) is 0. The summed E-state index contributed by atoms with van der Waals surface area (Å²) in [5.74, 6) is 0. The Morgan fingerprint density at radius 1 is 1.47 bits per heavy atom. The Morgan fingerprint density at radius 3 is 2.82 bits per heavy atom. The van der Waals surface area contributed by atoms with Gasteiger partial charge < -0.3 is 14.6 Å². The van der Waals surface area contributed by atoms with Gasteiger partial charge in [0.15, 0.2) is 0 Å². The zero-order valence-electron chi connectivity index (χ0n) is 10.0. The normalized spacial score (nSPS) is 32.8. The van der Waals surface area contributed by atoms with E-state index >= 15 is 0 Å². The van der Waals surface area contributed by atoms with Gasteiger partial charge in [-0.1, -0.05) is 30.3 Å². The van der Waals surface area contributed by atoms with Gasteiger partial charge in [0.05, 0.1) is 19.3 Å². The summed E-state index contributed by atoms with van der Waals surface area (Å²) in [6.45, 7) is 2.26. The molecule has 0 aliphatic carbocycles. The van der Waals surface area contributed by atoms with Crippen molar-refractivity contribution in [2.75, 3.05) is 6.61 Å². The van der Waals surface area contributed by atoms with Crippen molar-refractivity contribution in [2.24, 2.45) is 0 Å². The van der Waals surface area contributed by atoms with E-state index in [1.54, 1.807) is 0 Å². The highest BCUT2D eigenvalue weighted by molar-refractivity contribution is 6.11. The number of hydrogen-bond donors (Lipinski definition) is 1. The topological polar surface area (TPSA) is 38.7 Å². The minimum absolute atomic E-state index is 0.0832. The zero-order valence-corrected chi connectivity index (χ0v) is 10.0. The maximum atomic E-state index is 9.35. The molecule has 1 aliphatic rings. The predicted molar refractivity (Wildman–Crippen MR) is 65.8 cm³/mol. The molecule has 3 nitrogen and oxygen atoms in total. The number of aliphatic hydroxyl groups excluding tert-OH is 1. The van der Waals surface area contributed by atoms with Crippen LogP contribution in [0.1, 0.15) is 18.9 Å². The van der Waals surface area contributed by atoms with E-state index < -0.39 is 5.60 Å². The number of benzene rings is 1. The summed E-state index contributed by atoms with van der Waals surface area (Å²) in [6.07, 6.45) is 0.451. The molecule has 4 heteroatoms. The number of rotatable bonds is 4. The first-order valence-corrected chi connectivity index (χ1v) is 5.84. The Balaban J connectivity index is 1.95. The standard InChI is InChI=1S/C13H17BO3/c1-13(9-15)11(7-12(14)17-13)16-8-10-5-3-2-4-6-10/h2-6,11-12,15H,7-9H2,1H3. The zero-order chi connectivity index (χ0) is 12.3. The third kappa shape index (κ3) is 2.89. The van der Waals surface area contributed by atoms with Gasteiger partial charge in [-0.15, -0.1) is 0 Å². The molecular weight excluding hydrogens is 215 g/mol. The van der Waals surface area contributed by atoms with Crippen molar-refractivity contribution in [3.05, 3.63) is 35.9 Å². The number of aliphatic hydroxyl groups is 1. The molecule has 0 aromatic heterocycles. The molecule has 1 aromatic rings. The summed E-state index contributed by atoms with van der Waals surface area (Å²) in [5.41, 5.74) is 0.419. The van der Waals surface area contributed by atoms with Crippen LogP contribution in [0.4, 0.5) is 0 Å². The third-order valence-corrected chi connectivity index (χ3v) is 3.16. The molecule has 17 heavy (non-hydrogen) atoms. The predicted octanol–water partition coefficient (Wildman–Crippen LogP) is 1.24. The van der Waals surface area contributed by atoms with E-state index in [1.165, 1.54) is 0 Å². The molecule has 3 atom stereocenters. The number of ether oxygens (including phenoxy) is 2. The molecule has 1 fully saturated rings. The van der Waals surface area contributed by atoms with Gasteiger partial charge in [0, 0.05) is 6.00 Å². The van der Waals surface area contributed by atoms with Gasteiger partial charge in [0.2, 0.25) is 0 Å². The summed E-state index contributed by atoms with van der Waals surface area (Å²) < 4.78 is 11.3. The molecule has 1 N–H and O–H groups in total. The van der Waals surface area contributed by atoms with Gasteiger partial charge in [0.25, 0.3) is 0 Å². The lowest BCUT2D eigenvalue weighted by molar-refractivity contribution is -0.110. The molecule has 90 valence electrons. The van der Waals surface area contributed by atoms with Crippen molar-refractivity contribution in [2.45, 2.75) is 37.7 Å². The van der Waals surface area contributed by atoms with E-state index in [9.17, 15) is 5.11 Å². The molecule has 1 saturated heterocycles. The smallest absolute Gasteiger partial charge is 0.114 e. The van der Waals surface area contributed by atoms with Gasteiger partial charge >= 0.3 is 0 Å². The lowest BCUT2D eigenvalue weighted by Crippen LogP contribution is -2.41. The van der Waals surface area contributed by atoms with Gasteiger partial charge in [-0.3, -0.25) is 0 Å². The molecule has 2 radical (unpaired) electrons. The molecule has 1 heterocycles. The van der Waals surface area contributed by atoms with E-state index in [0.29, 0.717) is 13.0 Å². The molecular formula is C13H17BO3. The lowest BCUT2D eigenvalue weighted by Gasteiger charge is -2.28. The maximum absolute atomic E-state index is 9.35. The first-order valence-electron chi connectivity index (χ1n) is 5.84. The van der Waals surface area contributed by atoms with Crippen molar-refractivity contribution in [1.82, 2.24) is 0 Å². The molecule has 0 bridgehead atoms. The van der Waals surface area contributed by atoms with Crippen molar-refractivity contribution < 1.29 is 14.6 Å². The van der Waals surface area contributed by atoms with Crippen LogP contribution in [0.15, 0.2) is 30.3 Å². The summed E-state index contributed by atoms with van der Waals surface area (Å²) in [7, 11) is 5.73. The van der Waals surface area contributed by atoms with Gasteiger partial charge in [-0.2, -0.15) is 0 Å². The van der Waals surface area contributed by atoms with Crippen molar-refractivity contribution in [1.29, 1.82) is 0 Å². The van der Waals surface area contributed by atoms with E-state index in [1.807, 2.05) is 37.3 Å². The molecule has 0 saturated carbocycles. The molecule has 0 amide bonds. The largest absolute Gasteiger partial charge is 0.393 e. The second-order valence-corrected chi connectivity index (χ2v) is 4.65. The van der Waals surface area contributed by atoms with Crippen LogP contribution in [0.5, 0.6) is 0 Å². The molecule has 1 aliphatic heterocycles. The Hall–Kier alpha value is -0.835. The number of hydrogen-bond acceptors (Lipinski definition) is 3. The van der Waals surface area contributed by atoms with Crippen LogP contribution in [0.2, 0.25) is 0 Å². The summed E-state index contributed by atoms with van der Waals surface area (Å²) >= 11 is 0. The first-order chi connectivity index (χ1) is 8.14. The fourth-order valence-corrected chi connectivity index (χ4v) is 2.08. The molecule has 1 aromatic carbocycles. The average molecular weight is 232 g/mol. The highest BCUT2D eigenvalue weighted by Crippen LogP contribution is 2.31. The van der Waals surface area contributed by atoms with Crippen LogP contribution in [0.25, 0.3) is 0 Å². The fourth-order valence-electron chi connectivity index (χ4n) is 2.08. The maximum Gasteiger partial charge on any atom is 0.114 e. The summed E-state index contributed by atoms with van der Waals surface area (Å²) in [6, 6.07) is 9.57. The van der Waals surface area contributed by atoms with Crippen LogP contribution in [-0.4, -0.2) is 37.3 Å². The van der Waals surface area contributed by atoms with E-state index in [-0.39, 0.29) is 18.7 Å². The second kappa shape index (κ2) is 5.21. The van der Waals surface area contributed by atoms with E-state index in [2.05, 4.69) is 0 Å². The van der Waals surface area contributed by atoms with Gasteiger partial charge in [-0.25, -0.2) is 0 Å². The van der Waals surface area contributed by atoms with E-state index in [0.717, 1.165) is 5.56 Å².